The number of ether oxygens (including phenoxy) is 1. The number of hydrogen-bond acceptors (Lipinski definition) is 4. The number of carbonyl (C=O) groups is 1. The van der Waals surface area contributed by atoms with Crippen molar-refractivity contribution < 1.29 is 9.53 Å². The zero-order valence-corrected chi connectivity index (χ0v) is 14.0. The number of carbonyl (C=O) groups excluding carboxylic acids is 1. The number of amides is 1. The maximum atomic E-state index is 12.2. The first-order valence-electron chi connectivity index (χ1n) is 7.95. The van der Waals surface area contributed by atoms with Crippen molar-refractivity contribution >= 4 is 17.2 Å². The van der Waals surface area contributed by atoms with Crippen LogP contribution in [0.25, 0.3) is 0 Å². The molecule has 122 valence electrons. The molecule has 0 spiro atoms. The predicted octanol–water partition coefficient (Wildman–Crippen LogP) is 2.61. The highest BCUT2D eigenvalue weighted by atomic mass is 32.1. The smallest absolute Gasteiger partial charge is 0.248 e. The normalized spacial score (nSPS) is 15.7. The third-order valence-electron chi connectivity index (χ3n) is 4.02. The van der Waals surface area contributed by atoms with E-state index in [9.17, 15) is 4.79 Å². The van der Waals surface area contributed by atoms with E-state index in [-0.39, 0.29) is 12.5 Å². The Morgan fingerprint density at radius 2 is 1.83 bits per heavy atom. The zero-order valence-electron chi connectivity index (χ0n) is 13.2. The van der Waals surface area contributed by atoms with Crippen LogP contribution in [0.3, 0.4) is 0 Å². The van der Waals surface area contributed by atoms with Crippen LogP contribution in [-0.4, -0.2) is 48.5 Å². The number of benzene rings is 1. The van der Waals surface area contributed by atoms with Gasteiger partial charge in [0, 0.05) is 37.6 Å². The van der Waals surface area contributed by atoms with Crippen molar-refractivity contribution in [3.8, 4) is 0 Å². The van der Waals surface area contributed by atoms with Crippen LogP contribution < -0.4 is 0 Å². The molecule has 5 heteroatoms. The second-order valence-electron chi connectivity index (χ2n) is 5.71. The van der Waals surface area contributed by atoms with E-state index in [4.69, 9.17) is 4.74 Å². The fourth-order valence-corrected chi connectivity index (χ4v) is 3.45. The van der Waals surface area contributed by atoms with Gasteiger partial charge in [-0.25, -0.2) is 0 Å². The summed E-state index contributed by atoms with van der Waals surface area (Å²) < 4.78 is 5.54. The maximum absolute atomic E-state index is 12.2. The van der Waals surface area contributed by atoms with Crippen molar-refractivity contribution in [2.24, 2.45) is 0 Å². The standard InChI is InChI=1S/C18H22N2O2S/c21-18(15-22-14-16-5-2-1-3-6-16)20-10-8-19(9-11-20)13-17-7-4-12-23-17/h1-7,12H,8-11,13-15H2. The van der Waals surface area contributed by atoms with E-state index in [1.54, 1.807) is 11.3 Å². The van der Waals surface area contributed by atoms with E-state index >= 15 is 0 Å². The summed E-state index contributed by atoms with van der Waals surface area (Å²) in [7, 11) is 0. The minimum Gasteiger partial charge on any atom is -0.367 e. The fourth-order valence-electron chi connectivity index (χ4n) is 2.70. The Morgan fingerprint density at radius 3 is 2.52 bits per heavy atom. The van der Waals surface area contributed by atoms with E-state index in [2.05, 4.69) is 22.4 Å². The molecule has 4 nitrogen and oxygen atoms in total. The second kappa shape index (κ2) is 8.24. The van der Waals surface area contributed by atoms with Gasteiger partial charge >= 0.3 is 0 Å². The maximum Gasteiger partial charge on any atom is 0.248 e. The Kier molecular flexibility index (Phi) is 5.80. The molecular weight excluding hydrogens is 308 g/mol. The molecule has 1 aromatic carbocycles. The summed E-state index contributed by atoms with van der Waals surface area (Å²) in [4.78, 5) is 17.9. The molecular formula is C18H22N2O2S. The minimum absolute atomic E-state index is 0.0942. The van der Waals surface area contributed by atoms with E-state index < -0.39 is 0 Å². The van der Waals surface area contributed by atoms with Crippen LogP contribution in [-0.2, 0) is 22.7 Å². The largest absolute Gasteiger partial charge is 0.367 e. The van der Waals surface area contributed by atoms with Gasteiger partial charge in [0.25, 0.3) is 0 Å². The fraction of sp³-hybridized carbons (Fsp3) is 0.389. The molecule has 3 rings (SSSR count). The molecule has 1 saturated heterocycles. The second-order valence-corrected chi connectivity index (χ2v) is 6.75. The molecule has 1 fully saturated rings. The van der Waals surface area contributed by atoms with Crippen LogP contribution >= 0.6 is 11.3 Å². The number of nitrogens with zero attached hydrogens (tertiary/aromatic N) is 2. The van der Waals surface area contributed by atoms with Crippen molar-refractivity contribution in [2.75, 3.05) is 32.8 Å². The van der Waals surface area contributed by atoms with Crippen molar-refractivity contribution in [2.45, 2.75) is 13.2 Å². The summed E-state index contributed by atoms with van der Waals surface area (Å²) in [5.41, 5.74) is 1.10. The van der Waals surface area contributed by atoms with Crippen LogP contribution in [0.4, 0.5) is 0 Å². The summed E-state index contributed by atoms with van der Waals surface area (Å²) >= 11 is 1.79. The Labute approximate surface area is 141 Å². The summed E-state index contributed by atoms with van der Waals surface area (Å²) in [5.74, 6) is 0.0942. The lowest BCUT2D eigenvalue weighted by molar-refractivity contribution is -0.138. The zero-order chi connectivity index (χ0) is 15.9. The lowest BCUT2D eigenvalue weighted by Gasteiger charge is -2.34. The molecule has 0 radical (unpaired) electrons. The summed E-state index contributed by atoms with van der Waals surface area (Å²) in [6.45, 7) is 5.09. The van der Waals surface area contributed by atoms with E-state index in [0.717, 1.165) is 38.3 Å². The number of rotatable bonds is 6. The van der Waals surface area contributed by atoms with Gasteiger partial charge in [-0.1, -0.05) is 36.4 Å². The van der Waals surface area contributed by atoms with Gasteiger partial charge in [0.05, 0.1) is 6.61 Å². The van der Waals surface area contributed by atoms with E-state index in [1.165, 1.54) is 4.88 Å². The van der Waals surface area contributed by atoms with Crippen LogP contribution in [0.1, 0.15) is 10.4 Å². The molecule has 23 heavy (non-hydrogen) atoms. The minimum atomic E-state index is 0.0942. The van der Waals surface area contributed by atoms with Crippen LogP contribution in [0.15, 0.2) is 47.8 Å². The molecule has 0 saturated carbocycles. The number of hydrogen-bond donors (Lipinski definition) is 0. The molecule has 2 aromatic rings. The topological polar surface area (TPSA) is 32.8 Å². The molecule has 0 aliphatic carbocycles. The van der Waals surface area contributed by atoms with Gasteiger partial charge in [0.1, 0.15) is 6.61 Å². The Morgan fingerprint density at radius 1 is 1.04 bits per heavy atom. The third-order valence-corrected chi connectivity index (χ3v) is 4.88. The Hall–Kier alpha value is -1.69. The van der Waals surface area contributed by atoms with Gasteiger partial charge in [-0.05, 0) is 17.0 Å². The highest BCUT2D eigenvalue weighted by Crippen LogP contribution is 2.13. The average Bonchev–Trinajstić information content (AvgIpc) is 3.09. The van der Waals surface area contributed by atoms with Crippen molar-refractivity contribution in [1.82, 2.24) is 9.80 Å². The first-order chi connectivity index (χ1) is 11.3. The monoisotopic (exact) mass is 330 g/mol. The van der Waals surface area contributed by atoms with Gasteiger partial charge in [-0.2, -0.15) is 0 Å². The van der Waals surface area contributed by atoms with Crippen molar-refractivity contribution in [1.29, 1.82) is 0 Å². The van der Waals surface area contributed by atoms with Crippen LogP contribution in [0, 0.1) is 0 Å². The first-order valence-corrected chi connectivity index (χ1v) is 8.83. The third kappa shape index (κ3) is 4.89. The molecule has 0 unspecified atom stereocenters. The molecule has 2 heterocycles. The van der Waals surface area contributed by atoms with Gasteiger partial charge in [-0.3, -0.25) is 9.69 Å². The molecule has 1 aliphatic heterocycles. The number of piperazine rings is 1. The van der Waals surface area contributed by atoms with Crippen molar-refractivity contribution in [3.05, 3.63) is 58.3 Å². The first kappa shape index (κ1) is 16.2. The van der Waals surface area contributed by atoms with Crippen molar-refractivity contribution in [3.63, 3.8) is 0 Å². The van der Waals surface area contributed by atoms with Gasteiger partial charge < -0.3 is 9.64 Å². The molecule has 1 amide bonds. The number of thiophene rings is 1. The lowest BCUT2D eigenvalue weighted by Crippen LogP contribution is -2.49. The average molecular weight is 330 g/mol. The summed E-state index contributed by atoms with van der Waals surface area (Å²) in [6.07, 6.45) is 0. The molecule has 0 bridgehead atoms. The lowest BCUT2D eigenvalue weighted by atomic mass is 10.2. The van der Waals surface area contributed by atoms with E-state index in [1.807, 2.05) is 35.2 Å². The Bertz CT molecular complexity index is 593. The molecule has 0 N–H and O–H groups in total. The van der Waals surface area contributed by atoms with Crippen LogP contribution in [0.5, 0.6) is 0 Å². The molecule has 1 aromatic heterocycles. The van der Waals surface area contributed by atoms with Gasteiger partial charge in [0.2, 0.25) is 5.91 Å². The summed E-state index contributed by atoms with van der Waals surface area (Å²) in [6, 6.07) is 14.2. The van der Waals surface area contributed by atoms with E-state index in [0.29, 0.717) is 6.61 Å². The molecule has 1 aliphatic rings. The SMILES string of the molecule is O=C(COCc1ccccc1)N1CCN(Cc2cccs2)CC1. The predicted molar refractivity (Wildman–Crippen MR) is 92.3 cm³/mol. The summed E-state index contributed by atoms with van der Waals surface area (Å²) in [5, 5.41) is 2.11. The highest BCUT2D eigenvalue weighted by Gasteiger charge is 2.21. The van der Waals surface area contributed by atoms with Crippen LogP contribution in [0.2, 0.25) is 0 Å². The highest BCUT2D eigenvalue weighted by molar-refractivity contribution is 7.09. The Balaban J connectivity index is 1.36. The molecule has 0 atom stereocenters. The quantitative estimate of drug-likeness (QED) is 0.816. The van der Waals surface area contributed by atoms with Gasteiger partial charge in [-0.15, -0.1) is 11.3 Å². The van der Waals surface area contributed by atoms with Gasteiger partial charge in [0.15, 0.2) is 0 Å².